The van der Waals surface area contributed by atoms with Crippen LogP contribution in [0.2, 0.25) is 0 Å². The summed E-state index contributed by atoms with van der Waals surface area (Å²) in [6, 6.07) is 0. The van der Waals surface area contributed by atoms with E-state index in [0.717, 1.165) is 89.9 Å². The van der Waals surface area contributed by atoms with Gasteiger partial charge in [-0.25, -0.2) is 0 Å². The van der Waals surface area contributed by atoms with Crippen molar-refractivity contribution in [1.82, 2.24) is 0 Å². The molecule has 0 bridgehead atoms. The van der Waals surface area contributed by atoms with Gasteiger partial charge in [0.05, 0.1) is 0 Å². The highest BCUT2D eigenvalue weighted by molar-refractivity contribution is 5.71. The SMILES string of the molecule is CCCC/C=C\C/C=C\CCCCCCCC(=O)OC(COC(=O)CCCCCCC/C=C\CCCCCC)COC(=O)CCCCCCCCCCCCCCCCCCCCCCCCCCCCC. The molecule has 0 aromatic carbocycles. The lowest BCUT2D eigenvalue weighted by molar-refractivity contribution is -0.167. The van der Waals surface area contributed by atoms with Crippen LogP contribution in [0.1, 0.15) is 348 Å². The summed E-state index contributed by atoms with van der Waals surface area (Å²) in [7, 11) is 0. The Bertz CT molecular complexity index is 1210. The van der Waals surface area contributed by atoms with Crippen LogP contribution in [0.15, 0.2) is 36.5 Å². The van der Waals surface area contributed by atoms with E-state index in [-0.39, 0.29) is 31.1 Å². The van der Waals surface area contributed by atoms with E-state index in [4.69, 9.17) is 14.2 Å². The highest BCUT2D eigenvalue weighted by Crippen LogP contribution is 2.18. The predicted octanol–water partition coefficient (Wildman–Crippen LogP) is 21.6. The molecule has 6 nitrogen and oxygen atoms in total. The number of hydrogen-bond donors (Lipinski definition) is 0. The fourth-order valence-corrected chi connectivity index (χ4v) is 9.52. The van der Waals surface area contributed by atoms with Crippen molar-refractivity contribution in [1.29, 1.82) is 0 Å². The van der Waals surface area contributed by atoms with Crippen LogP contribution in [-0.2, 0) is 28.6 Å². The molecule has 0 aromatic heterocycles. The maximum absolute atomic E-state index is 12.9. The van der Waals surface area contributed by atoms with E-state index in [9.17, 15) is 14.4 Å². The van der Waals surface area contributed by atoms with Gasteiger partial charge in [0.1, 0.15) is 13.2 Å². The first-order valence-corrected chi connectivity index (χ1v) is 32.0. The Labute approximate surface area is 448 Å². The quantitative estimate of drug-likeness (QED) is 0.0261. The van der Waals surface area contributed by atoms with Crippen molar-refractivity contribution in [3.8, 4) is 0 Å². The number of carbonyl (C=O) groups is 3. The molecule has 0 N–H and O–H groups in total. The number of hydrogen-bond acceptors (Lipinski definition) is 6. The molecule has 0 aliphatic rings. The van der Waals surface area contributed by atoms with E-state index >= 15 is 0 Å². The molecule has 0 heterocycles. The van der Waals surface area contributed by atoms with Crippen molar-refractivity contribution in [2.75, 3.05) is 13.2 Å². The van der Waals surface area contributed by atoms with Crippen LogP contribution >= 0.6 is 0 Å². The van der Waals surface area contributed by atoms with Crippen LogP contribution in [0.4, 0.5) is 0 Å². The second-order valence-corrected chi connectivity index (χ2v) is 21.7. The van der Waals surface area contributed by atoms with Gasteiger partial charge in [0.2, 0.25) is 0 Å². The highest BCUT2D eigenvalue weighted by Gasteiger charge is 2.19. The molecule has 1 atom stereocenters. The summed E-state index contributed by atoms with van der Waals surface area (Å²) in [6.45, 7) is 6.62. The lowest BCUT2D eigenvalue weighted by atomic mass is 10.0. The molecule has 0 aliphatic heterocycles. The standard InChI is InChI=1S/C66H122O6/c1-4-7-10-13-16-19-22-25-27-28-29-30-31-32-33-34-35-36-37-38-39-42-44-47-50-53-56-59-65(68)71-62-63(61-70-64(67)58-55-52-49-46-43-40-24-21-18-15-12-9-6-3)72-66(69)60-57-54-51-48-45-41-26-23-20-17-14-11-8-5-2/h14,17,21,23-24,26,63H,4-13,15-16,18-20,22,25,27-62H2,1-3H3/b17-14-,24-21-,26-23-. The van der Waals surface area contributed by atoms with Crippen molar-refractivity contribution < 1.29 is 28.6 Å². The van der Waals surface area contributed by atoms with Crippen LogP contribution in [0.5, 0.6) is 0 Å². The van der Waals surface area contributed by atoms with Crippen LogP contribution in [0, 0.1) is 0 Å². The molecule has 422 valence electrons. The fraction of sp³-hybridized carbons (Fsp3) is 0.864. The van der Waals surface area contributed by atoms with Gasteiger partial charge in [-0.1, -0.05) is 295 Å². The Morgan fingerprint density at radius 3 is 0.833 bits per heavy atom. The van der Waals surface area contributed by atoms with Gasteiger partial charge in [0.25, 0.3) is 0 Å². The van der Waals surface area contributed by atoms with Crippen LogP contribution in [-0.4, -0.2) is 37.2 Å². The smallest absolute Gasteiger partial charge is 0.306 e. The van der Waals surface area contributed by atoms with Gasteiger partial charge in [-0.3, -0.25) is 14.4 Å². The molecule has 0 saturated carbocycles. The first-order chi connectivity index (χ1) is 35.5. The molecule has 72 heavy (non-hydrogen) atoms. The van der Waals surface area contributed by atoms with Gasteiger partial charge < -0.3 is 14.2 Å². The maximum Gasteiger partial charge on any atom is 0.306 e. The van der Waals surface area contributed by atoms with Crippen molar-refractivity contribution in [3.05, 3.63) is 36.5 Å². The first-order valence-electron chi connectivity index (χ1n) is 32.0. The van der Waals surface area contributed by atoms with Gasteiger partial charge >= 0.3 is 17.9 Å². The summed E-state index contributed by atoms with van der Waals surface area (Å²) >= 11 is 0. The van der Waals surface area contributed by atoms with Crippen LogP contribution < -0.4 is 0 Å². The summed E-state index contributed by atoms with van der Waals surface area (Å²) < 4.78 is 16.9. The summed E-state index contributed by atoms with van der Waals surface area (Å²) in [5.41, 5.74) is 0. The zero-order valence-electron chi connectivity index (χ0n) is 48.5. The van der Waals surface area contributed by atoms with Crippen LogP contribution in [0.3, 0.4) is 0 Å². The monoisotopic (exact) mass is 1010 g/mol. The van der Waals surface area contributed by atoms with Gasteiger partial charge in [0, 0.05) is 19.3 Å². The van der Waals surface area contributed by atoms with E-state index in [1.807, 2.05) is 0 Å². The molecular weight excluding hydrogens is 889 g/mol. The molecule has 1 unspecified atom stereocenters. The number of unbranched alkanes of at least 4 members (excludes halogenated alkanes) is 42. The Morgan fingerprint density at radius 2 is 0.514 bits per heavy atom. The van der Waals surface area contributed by atoms with Crippen molar-refractivity contribution in [2.24, 2.45) is 0 Å². The lowest BCUT2D eigenvalue weighted by Gasteiger charge is -2.18. The minimum absolute atomic E-state index is 0.0768. The normalized spacial score (nSPS) is 12.2. The average Bonchev–Trinajstić information content (AvgIpc) is 3.38. The van der Waals surface area contributed by atoms with E-state index in [1.165, 1.54) is 218 Å². The zero-order chi connectivity index (χ0) is 52.2. The van der Waals surface area contributed by atoms with Crippen LogP contribution in [0.25, 0.3) is 0 Å². The van der Waals surface area contributed by atoms with E-state index in [1.54, 1.807) is 0 Å². The first kappa shape index (κ1) is 69.6. The molecule has 0 rings (SSSR count). The maximum atomic E-state index is 12.9. The Morgan fingerprint density at radius 1 is 0.278 bits per heavy atom. The van der Waals surface area contributed by atoms with Crippen molar-refractivity contribution in [3.63, 3.8) is 0 Å². The summed E-state index contributed by atoms with van der Waals surface area (Å²) in [4.78, 5) is 38.2. The molecular formula is C66H122O6. The second kappa shape index (κ2) is 61.2. The molecule has 0 spiro atoms. The highest BCUT2D eigenvalue weighted by atomic mass is 16.6. The third-order valence-electron chi connectivity index (χ3n) is 14.4. The predicted molar refractivity (Wildman–Crippen MR) is 312 cm³/mol. The molecule has 0 fully saturated rings. The van der Waals surface area contributed by atoms with E-state index in [2.05, 4.69) is 57.2 Å². The van der Waals surface area contributed by atoms with Gasteiger partial charge in [-0.2, -0.15) is 0 Å². The molecule has 0 aliphatic carbocycles. The second-order valence-electron chi connectivity index (χ2n) is 21.7. The third kappa shape index (κ3) is 58.5. The number of allylic oxidation sites excluding steroid dienone is 6. The van der Waals surface area contributed by atoms with Gasteiger partial charge in [-0.15, -0.1) is 0 Å². The Kier molecular flexibility index (Phi) is 59.2. The molecule has 6 heteroatoms. The minimum atomic E-state index is -0.780. The Hall–Kier alpha value is -2.37. The van der Waals surface area contributed by atoms with Crippen molar-refractivity contribution in [2.45, 2.75) is 354 Å². The summed E-state index contributed by atoms with van der Waals surface area (Å²) in [5, 5.41) is 0. The third-order valence-corrected chi connectivity index (χ3v) is 14.4. The van der Waals surface area contributed by atoms with E-state index < -0.39 is 6.10 Å². The number of esters is 3. The molecule has 0 aromatic rings. The van der Waals surface area contributed by atoms with Gasteiger partial charge in [0.15, 0.2) is 6.10 Å². The largest absolute Gasteiger partial charge is 0.462 e. The summed E-state index contributed by atoms with van der Waals surface area (Å²) in [6.07, 6.45) is 74.5. The molecule has 0 radical (unpaired) electrons. The average molecular weight is 1010 g/mol. The lowest BCUT2D eigenvalue weighted by Crippen LogP contribution is -2.30. The minimum Gasteiger partial charge on any atom is -0.462 e. The van der Waals surface area contributed by atoms with E-state index in [0.29, 0.717) is 19.3 Å². The topological polar surface area (TPSA) is 78.9 Å². The number of rotatable bonds is 59. The molecule has 0 saturated heterocycles. The number of carbonyl (C=O) groups excluding carboxylic acids is 3. The zero-order valence-corrected chi connectivity index (χ0v) is 48.5. The fourth-order valence-electron chi connectivity index (χ4n) is 9.52. The van der Waals surface area contributed by atoms with Gasteiger partial charge in [-0.05, 0) is 70.6 Å². The Balaban J connectivity index is 4.17. The number of ether oxygens (including phenoxy) is 3. The van der Waals surface area contributed by atoms with Crippen molar-refractivity contribution >= 4 is 17.9 Å². The summed E-state index contributed by atoms with van der Waals surface area (Å²) in [5.74, 6) is -0.881. The molecule has 0 amide bonds.